The molecule has 0 spiro atoms. The molecule has 0 saturated heterocycles. The molecule has 0 atom stereocenters. The zero-order valence-electron chi connectivity index (χ0n) is 16.1. The molecule has 2 aromatic carbocycles. The Hall–Kier alpha value is -1.37. The molecule has 150 valence electrons. The molecule has 0 unspecified atom stereocenters. The zero-order valence-corrected chi connectivity index (χ0v) is 19.3. The molecular weight excluding hydrogens is 437 g/mol. The maximum atomic E-state index is 13.3. The second-order valence-electron chi connectivity index (χ2n) is 6.78. The molecule has 1 heterocycles. The minimum Gasteiger partial charge on any atom is -0.308 e. The van der Waals surface area contributed by atoms with Gasteiger partial charge in [-0.3, -0.25) is 9.69 Å². The Morgan fingerprint density at radius 3 is 2.43 bits per heavy atom. The number of carbonyl (C=O) groups excluding carboxylic acids is 1. The zero-order chi connectivity index (χ0) is 19.7. The number of amides is 1. The molecule has 0 aliphatic rings. The van der Waals surface area contributed by atoms with E-state index in [0.29, 0.717) is 33.8 Å². The molecule has 0 radical (unpaired) electrons. The summed E-state index contributed by atoms with van der Waals surface area (Å²) < 4.78 is 1.06. The van der Waals surface area contributed by atoms with Crippen LogP contribution in [-0.2, 0) is 0 Å². The number of halogens is 3. The maximum absolute atomic E-state index is 13.3. The maximum Gasteiger partial charge on any atom is 0.261 e. The van der Waals surface area contributed by atoms with E-state index in [0.717, 1.165) is 10.2 Å². The summed E-state index contributed by atoms with van der Waals surface area (Å²) in [6, 6.07) is 9.11. The lowest BCUT2D eigenvalue weighted by atomic mass is 10.1. The van der Waals surface area contributed by atoms with Crippen molar-refractivity contribution in [3.8, 4) is 0 Å². The Kier molecular flexibility index (Phi) is 7.71. The SMILES string of the molecule is Cc1cc2nc(N(CCN(C)C)C(=O)c3cc(Cl)ccc3Cl)sc2cc1C.Cl. The number of thiazole rings is 1. The van der Waals surface area contributed by atoms with Gasteiger partial charge in [0.05, 0.1) is 20.8 Å². The Balaban J connectivity index is 0.00000280. The van der Waals surface area contributed by atoms with Crippen LogP contribution in [0.1, 0.15) is 21.5 Å². The summed E-state index contributed by atoms with van der Waals surface area (Å²) in [6.45, 7) is 5.35. The number of aromatic nitrogens is 1. The van der Waals surface area contributed by atoms with Crippen LogP contribution < -0.4 is 4.90 Å². The fourth-order valence-corrected chi connectivity index (χ4v) is 4.11. The number of nitrogens with zero attached hydrogens (tertiary/aromatic N) is 3. The number of anilines is 1. The van der Waals surface area contributed by atoms with Crippen LogP contribution in [0.3, 0.4) is 0 Å². The van der Waals surface area contributed by atoms with Gasteiger partial charge in [-0.05, 0) is 69.4 Å². The highest BCUT2D eigenvalue weighted by atomic mass is 35.5. The molecule has 0 aliphatic heterocycles. The van der Waals surface area contributed by atoms with Crippen LogP contribution >= 0.6 is 46.9 Å². The fourth-order valence-electron chi connectivity index (χ4n) is 2.67. The van der Waals surface area contributed by atoms with Crippen molar-refractivity contribution in [2.45, 2.75) is 13.8 Å². The van der Waals surface area contributed by atoms with E-state index < -0.39 is 0 Å². The third-order valence-electron chi connectivity index (χ3n) is 4.40. The van der Waals surface area contributed by atoms with E-state index in [1.54, 1.807) is 23.1 Å². The van der Waals surface area contributed by atoms with Crippen molar-refractivity contribution in [1.82, 2.24) is 9.88 Å². The molecule has 1 aromatic heterocycles. The molecule has 1 amide bonds. The van der Waals surface area contributed by atoms with E-state index in [2.05, 4.69) is 26.0 Å². The van der Waals surface area contributed by atoms with Gasteiger partial charge in [-0.25, -0.2) is 4.98 Å². The third-order valence-corrected chi connectivity index (χ3v) is 6.00. The molecule has 0 aliphatic carbocycles. The summed E-state index contributed by atoms with van der Waals surface area (Å²) in [6.07, 6.45) is 0. The van der Waals surface area contributed by atoms with Crippen molar-refractivity contribution in [1.29, 1.82) is 0 Å². The summed E-state index contributed by atoms with van der Waals surface area (Å²) in [5.41, 5.74) is 3.68. The van der Waals surface area contributed by atoms with Crippen molar-refractivity contribution in [2.75, 3.05) is 32.1 Å². The van der Waals surface area contributed by atoms with E-state index in [9.17, 15) is 4.79 Å². The normalized spacial score (nSPS) is 11.0. The molecule has 4 nitrogen and oxygen atoms in total. The molecule has 0 N–H and O–H groups in total. The van der Waals surface area contributed by atoms with Crippen LogP contribution in [0.5, 0.6) is 0 Å². The predicted molar refractivity (Wildman–Crippen MR) is 123 cm³/mol. The number of rotatable bonds is 5. The van der Waals surface area contributed by atoms with E-state index >= 15 is 0 Å². The molecule has 3 rings (SSSR count). The van der Waals surface area contributed by atoms with Gasteiger partial charge in [0, 0.05) is 18.1 Å². The first kappa shape index (κ1) is 22.9. The van der Waals surface area contributed by atoms with E-state index in [1.807, 2.05) is 19.0 Å². The number of carbonyl (C=O) groups is 1. The average molecular weight is 459 g/mol. The van der Waals surface area contributed by atoms with Crippen molar-refractivity contribution < 1.29 is 4.79 Å². The van der Waals surface area contributed by atoms with Gasteiger partial charge in [0.25, 0.3) is 5.91 Å². The summed E-state index contributed by atoms with van der Waals surface area (Å²) in [5.74, 6) is -0.197. The van der Waals surface area contributed by atoms with Gasteiger partial charge in [-0.2, -0.15) is 0 Å². The highest BCUT2D eigenvalue weighted by molar-refractivity contribution is 7.22. The summed E-state index contributed by atoms with van der Waals surface area (Å²) in [5, 5.41) is 1.52. The number of hydrogen-bond acceptors (Lipinski definition) is 4. The van der Waals surface area contributed by atoms with Crippen molar-refractivity contribution >= 4 is 68.2 Å². The highest BCUT2D eigenvalue weighted by Crippen LogP contribution is 2.32. The second kappa shape index (κ2) is 9.42. The van der Waals surface area contributed by atoms with Crippen molar-refractivity contribution in [2.24, 2.45) is 0 Å². The van der Waals surface area contributed by atoms with Gasteiger partial charge in [-0.1, -0.05) is 34.5 Å². The summed E-state index contributed by atoms with van der Waals surface area (Å²) in [4.78, 5) is 21.7. The van der Waals surface area contributed by atoms with E-state index in [1.165, 1.54) is 22.5 Å². The lowest BCUT2D eigenvalue weighted by Gasteiger charge is -2.22. The van der Waals surface area contributed by atoms with Gasteiger partial charge >= 0.3 is 0 Å². The first-order chi connectivity index (χ1) is 12.8. The fraction of sp³-hybridized carbons (Fsp3) is 0.300. The quantitative estimate of drug-likeness (QED) is 0.481. The minimum atomic E-state index is -0.197. The molecule has 3 aromatic rings. The van der Waals surface area contributed by atoms with Gasteiger partial charge in [0.2, 0.25) is 0 Å². The van der Waals surface area contributed by atoms with Gasteiger partial charge in [0.1, 0.15) is 0 Å². The van der Waals surface area contributed by atoms with Gasteiger partial charge in [0.15, 0.2) is 5.13 Å². The Bertz CT molecular complexity index is 965. The molecule has 0 bridgehead atoms. The highest BCUT2D eigenvalue weighted by Gasteiger charge is 2.23. The minimum absolute atomic E-state index is 0. The Morgan fingerprint density at radius 2 is 1.75 bits per heavy atom. The number of likely N-dealkylation sites (N-methyl/N-ethyl adjacent to an activating group) is 1. The van der Waals surface area contributed by atoms with Crippen molar-refractivity contribution in [3.63, 3.8) is 0 Å². The van der Waals surface area contributed by atoms with Crippen LogP contribution in [0.4, 0.5) is 5.13 Å². The van der Waals surface area contributed by atoms with Crippen LogP contribution in [0, 0.1) is 13.8 Å². The first-order valence-corrected chi connectivity index (χ1v) is 10.1. The molecular formula is C20H22Cl3N3OS. The van der Waals surface area contributed by atoms with E-state index in [-0.39, 0.29) is 18.3 Å². The molecule has 0 saturated carbocycles. The Labute approximate surface area is 185 Å². The number of fused-ring (bicyclic) bond motifs is 1. The molecule has 28 heavy (non-hydrogen) atoms. The van der Waals surface area contributed by atoms with Crippen LogP contribution in [0.25, 0.3) is 10.2 Å². The second-order valence-corrected chi connectivity index (χ2v) is 8.64. The standard InChI is InChI=1S/C20H21Cl2N3OS.ClH/c1-12-9-17-18(10-13(12)2)27-20(23-17)25(8-7-24(3)4)19(26)15-11-14(21)5-6-16(15)22;/h5-6,9-11H,7-8H2,1-4H3;1H. The number of hydrogen-bond donors (Lipinski definition) is 0. The van der Waals surface area contributed by atoms with Crippen LogP contribution in [0.2, 0.25) is 10.0 Å². The number of aryl methyl sites for hydroxylation is 2. The summed E-state index contributed by atoms with van der Waals surface area (Å²) >= 11 is 13.9. The lowest BCUT2D eigenvalue weighted by Crippen LogP contribution is -2.36. The van der Waals surface area contributed by atoms with Crippen LogP contribution in [0.15, 0.2) is 30.3 Å². The van der Waals surface area contributed by atoms with Gasteiger partial charge < -0.3 is 4.90 Å². The third kappa shape index (κ3) is 4.97. The van der Waals surface area contributed by atoms with E-state index in [4.69, 9.17) is 28.2 Å². The van der Waals surface area contributed by atoms with Crippen LogP contribution in [-0.4, -0.2) is 43.0 Å². The van der Waals surface area contributed by atoms with Gasteiger partial charge in [-0.15, -0.1) is 12.4 Å². The smallest absolute Gasteiger partial charge is 0.261 e. The monoisotopic (exact) mass is 457 g/mol. The first-order valence-electron chi connectivity index (χ1n) is 8.55. The lowest BCUT2D eigenvalue weighted by molar-refractivity contribution is 0.0985. The summed E-state index contributed by atoms with van der Waals surface area (Å²) in [7, 11) is 3.94. The Morgan fingerprint density at radius 1 is 1.07 bits per heavy atom. The molecule has 0 fully saturated rings. The van der Waals surface area contributed by atoms with Crippen molar-refractivity contribution in [3.05, 3.63) is 57.1 Å². The largest absolute Gasteiger partial charge is 0.308 e. The number of benzene rings is 2. The predicted octanol–water partition coefficient (Wildman–Crippen LogP) is 5.85. The average Bonchev–Trinajstić information content (AvgIpc) is 2.99. The molecule has 8 heteroatoms. The topological polar surface area (TPSA) is 36.4 Å².